The summed E-state index contributed by atoms with van der Waals surface area (Å²) in [6.07, 6.45) is 4.67. The van der Waals surface area contributed by atoms with E-state index in [1.807, 2.05) is 6.92 Å². The van der Waals surface area contributed by atoms with Gasteiger partial charge in [-0.25, -0.2) is 0 Å². The van der Waals surface area contributed by atoms with Crippen molar-refractivity contribution in [3.63, 3.8) is 0 Å². The Morgan fingerprint density at radius 2 is 1.59 bits per heavy atom. The van der Waals surface area contributed by atoms with Crippen LogP contribution >= 0.6 is 0 Å². The molecular formula is C20H34O9. The van der Waals surface area contributed by atoms with Gasteiger partial charge in [0.1, 0.15) is 17.6 Å². The molecule has 1 saturated heterocycles. The molecule has 2 N–H and O–H groups in total. The summed E-state index contributed by atoms with van der Waals surface area (Å²) in [5, 5.41) is 15.2. The molecule has 1 spiro atoms. The van der Waals surface area contributed by atoms with E-state index >= 15 is 0 Å². The second kappa shape index (κ2) is 13.6. The van der Waals surface area contributed by atoms with Crippen LogP contribution in [-0.2, 0) is 33.3 Å². The number of hydrogen-bond acceptors (Lipinski definition) is 9. The van der Waals surface area contributed by atoms with E-state index in [1.54, 1.807) is 6.92 Å². The lowest BCUT2D eigenvalue weighted by molar-refractivity contribution is -0.198. The van der Waals surface area contributed by atoms with Gasteiger partial charge in [-0.15, -0.1) is 0 Å². The maximum atomic E-state index is 11.6. The molecule has 3 rings (SSSR count). The van der Waals surface area contributed by atoms with Crippen LogP contribution in [0.1, 0.15) is 52.4 Å². The third-order valence-corrected chi connectivity index (χ3v) is 4.87. The van der Waals surface area contributed by atoms with Crippen LogP contribution < -0.4 is 0 Å². The molecule has 1 aliphatic heterocycles. The van der Waals surface area contributed by atoms with E-state index in [0.29, 0.717) is 39.3 Å². The second-order valence-corrected chi connectivity index (χ2v) is 6.82. The van der Waals surface area contributed by atoms with Gasteiger partial charge in [0.05, 0.1) is 39.6 Å². The first-order valence-corrected chi connectivity index (χ1v) is 10.3. The summed E-state index contributed by atoms with van der Waals surface area (Å²) in [5.74, 6) is -1.78. The Morgan fingerprint density at radius 1 is 1.00 bits per heavy atom. The van der Waals surface area contributed by atoms with Crippen molar-refractivity contribution in [3.8, 4) is 0 Å². The van der Waals surface area contributed by atoms with Gasteiger partial charge < -0.3 is 29.2 Å². The second-order valence-electron chi connectivity index (χ2n) is 6.82. The Bertz CT molecular complexity index is 507. The van der Waals surface area contributed by atoms with Crippen molar-refractivity contribution in [3.05, 3.63) is 0 Å². The van der Waals surface area contributed by atoms with Crippen LogP contribution in [0.3, 0.4) is 0 Å². The van der Waals surface area contributed by atoms with E-state index in [9.17, 15) is 14.4 Å². The smallest absolute Gasteiger partial charge is 0.316 e. The van der Waals surface area contributed by atoms with Gasteiger partial charge in [0.2, 0.25) is 0 Å². The number of Topliss-reactive ketones (excluding diaryl/α,β-unsaturated/α-hetero) is 1. The van der Waals surface area contributed by atoms with E-state index in [0.717, 1.165) is 25.7 Å². The van der Waals surface area contributed by atoms with E-state index in [4.69, 9.17) is 29.2 Å². The molecule has 0 aromatic carbocycles. The quantitative estimate of drug-likeness (QED) is 0.496. The van der Waals surface area contributed by atoms with E-state index in [-0.39, 0.29) is 36.9 Å². The van der Waals surface area contributed by atoms with Crippen LogP contribution in [-0.4, -0.2) is 73.4 Å². The van der Waals surface area contributed by atoms with Crippen LogP contribution in [0.15, 0.2) is 0 Å². The lowest BCUT2D eigenvalue weighted by atomic mass is 10.0. The number of rotatable bonds is 5. The highest BCUT2D eigenvalue weighted by molar-refractivity contribution is 6.00. The highest BCUT2D eigenvalue weighted by atomic mass is 16.7. The molecule has 2 unspecified atom stereocenters. The van der Waals surface area contributed by atoms with Gasteiger partial charge in [-0.1, -0.05) is 0 Å². The fraction of sp³-hybridized carbons (Fsp3) is 0.850. The molecule has 2 saturated carbocycles. The molecule has 9 nitrogen and oxygen atoms in total. The minimum atomic E-state index is -0.647. The number of carbonyl (C=O) groups is 3. The van der Waals surface area contributed by atoms with Crippen molar-refractivity contribution < 1.29 is 43.5 Å². The predicted octanol–water partition coefficient (Wildman–Crippen LogP) is 0.982. The summed E-state index contributed by atoms with van der Waals surface area (Å²) < 4.78 is 20.9. The number of aliphatic hydroxyl groups excluding tert-OH is 2. The first-order valence-electron chi connectivity index (χ1n) is 10.3. The van der Waals surface area contributed by atoms with E-state index in [2.05, 4.69) is 0 Å². The molecular weight excluding hydrogens is 384 g/mol. The molecule has 3 fully saturated rings. The van der Waals surface area contributed by atoms with Gasteiger partial charge in [0.15, 0.2) is 5.79 Å². The molecule has 2 aliphatic carbocycles. The van der Waals surface area contributed by atoms with Gasteiger partial charge in [-0.3, -0.25) is 14.4 Å². The molecule has 9 heteroatoms. The van der Waals surface area contributed by atoms with Crippen molar-refractivity contribution in [1.82, 2.24) is 0 Å². The zero-order valence-electron chi connectivity index (χ0n) is 17.4. The standard InChI is InChI=1S/C10H16O4.C8H12O3.C2H6O2/c1-2-12-9(11)8-4-3-5-10(8)13-6-7-14-10;1-2-11-8(10)6-4-3-5-7(6)9;3-1-2-4/h8H,2-7H2,1H3;6H,2-5H2,1H3;3-4H,1-2H2. The predicted molar refractivity (Wildman–Crippen MR) is 102 cm³/mol. The molecule has 0 aromatic rings. The van der Waals surface area contributed by atoms with Gasteiger partial charge in [0.25, 0.3) is 0 Å². The minimum absolute atomic E-state index is 0.0449. The number of ketones is 1. The Morgan fingerprint density at radius 3 is 2.07 bits per heavy atom. The molecule has 1 heterocycles. The zero-order chi connectivity index (χ0) is 21.7. The van der Waals surface area contributed by atoms with E-state index in [1.165, 1.54) is 0 Å². The van der Waals surface area contributed by atoms with Crippen LogP contribution in [0.2, 0.25) is 0 Å². The fourth-order valence-electron chi connectivity index (χ4n) is 3.61. The summed E-state index contributed by atoms with van der Waals surface area (Å²) in [6.45, 7) is 5.28. The van der Waals surface area contributed by atoms with Crippen LogP contribution in [0.25, 0.3) is 0 Å². The summed E-state index contributed by atoms with van der Waals surface area (Å²) in [4.78, 5) is 33.6. The number of esters is 2. The lowest BCUT2D eigenvalue weighted by Crippen LogP contribution is -2.39. The van der Waals surface area contributed by atoms with Crippen molar-refractivity contribution in [2.75, 3.05) is 39.6 Å². The fourth-order valence-corrected chi connectivity index (χ4v) is 3.61. The van der Waals surface area contributed by atoms with Crippen molar-refractivity contribution in [1.29, 1.82) is 0 Å². The number of carbonyl (C=O) groups excluding carboxylic acids is 3. The average Bonchev–Trinajstić information content (AvgIpc) is 3.45. The Balaban J connectivity index is 0.000000251. The Labute approximate surface area is 171 Å². The molecule has 29 heavy (non-hydrogen) atoms. The number of ether oxygens (including phenoxy) is 4. The Hall–Kier alpha value is -1.55. The van der Waals surface area contributed by atoms with Crippen LogP contribution in [0.5, 0.6) is 0 Å². The third-order valence-electron chi connectivity index (χ3n) is 4.87. The van der Waals surface area contributed by atoms with Crippen molar-refractivity contribution in [2.45, 2.75) is 58.2 Å². The van der Waals surface area contributed by atoms with Gasteiger partial charge in [-0.05, 0) is 39.5 Å². The topological polar surface area (TPSA) is 129 Å². The number of hydrogen-bond donors (Lipinski definition) is 2. The average molecular weight is 418 g/mol. The maximum absolute atomic E-state index is 11.6. The summed E-state index contributed by atoms with van der Waals surface area (Å²) in [7, 11) is 0. The monoisotopic (exact) mass is 418 g/mol. The third kappa shape index (κ3) is 7.65. The molecule has 0 aromatic heterocycles. The molecule has 3 aliphatic rings. The first-order chi connectivity index (χ1) is 14.0. The zero-order valence-corrected chi connectivity index (χ0v) is 17.4. The van der Waals surface area contributed by atoms with Gasteiger partial charge in [0, 0.05) is 12.8 Å². The lowest BCUT2D eigenvalue weighted by Gasteiger charge is -2.27. The first kappa shape index (κ1) is 25.5. The van der Waals surface area contributed by atoms with Crippen molar-refractivity contribution >= 4 is 17.7 Å². The molecule has 2 atom stereocenters. The largest absolute Gasteiger partial charge is 0.466 e. The molecule has 0 amide bonds. The highest BCUT2D eigenvalue weighted by Crippen LogP contribution is 2.42. The van der Waals surface area contributed by atoms with Crippen molar-refractivity contribution in [2.24, 2.45) is 11.8 Å². The van der Waals surface area contributed by atoms with Crippen LogP contribution in [0.4, 0.5) is 0 Å². The maximum Gasteiger partial charge on any atom is 0.316 e. The van der Waals surface area contributed by atoms with E-state index < -0.39 is 11.7 Å². The molecule has 0 radical (unpaired) electrons. The minimum Gasteiger partial charge on any atom is -0.466 e. The number of aliphatic hydroxyl groups is 2. The summed E-state index contributed by atoms with van der Waals surface area (Å²) in [5.41, 5.74) is 0. The van der Waals surface area contributed by atoms with Gasteiger partial charge >= 0.3 is 11.9 Å². The Kier molecular flexibility index (Phi) is 12.0. The van der Waals surface area contributed by atoms with Crippen LogP contribution in [0, 0.1) is 11.8 Å². The highest BCUT2D eigenvalue weighted by Gasteiger charge is 2.52. The SMILES string of the molecule is CCOC(=O)C1CCCC12OCCO2.CCOC(=O)C1CCCC1=O.OCCO. The molecule has 0 bridgehead atoms. The normalized spacial score (nSPS) is 24.3. The summed E-state index contributed by atoms with van der Waals surface area (Å²) >= 11 is 0. The van der Waals surface area contributed by atoms with Gasteiger partial charge in [-0.2, -0.15) is 0 Å². The molecule has 168 valence electrons. The summed E-state index contributed by atoms with van der Waals surface area (Å²) in [6, 6.07) is 0.